The van der Waals surface area contributed by atoms with Crippen LogP contribution in [-0.2, 0) is 0 Å². The van der Waals surface area contributed by atoms with Crippen molar-refractivity contribution in [3.05, 3.63) is 50.1 Å². The van der Waals surface area contributed by atoms with Gasteiger partial charge < -0.3 is 17.2 Å². The van der Waals surface area contributed by atoms with Gasteiger partial charge >= 0.3 is 0 Å². The summed E-state index contributed by atoms with van der Waals surface area (Å²) in [5.74, 6) is 0. The van der Waals surface area contributed by atoms with E-state index in [1.54, 1.807) is 6.92 Å². The summed E-state index contributed by atoms with van der Waals surface area (Å²) in [5, 5.41) is 21.9. The first-order chi connectivity index (χ1) is 10.2. The lowest BCUT2D eigenvalue weighted by Crippen LogP contribution is -2.04. The number of non-ortho nitro benzene ring substituents is 2. The zero-order chi connectivity index (χ0) is 16.6. The van der Waals surface area contributed by atoms with E-state index in [9.17, 15) is 20.2 Å². The van der Waals surface area contributed by atoms with Crippen LogP contribution in [0.5, 0.6) is 0 Å². The van der Waals surface area contributed by atoms with Crippen LogP contribution < -0.4 is 17.2 Å². The van der Waals surface area contributed by atoms with Crippen molar-refractivity contribution < 1.29 is 9.85 Å². The van der Waals surface area contributed by atoms with Crippen LogP contribution in [0.2, 0.25) is 0 Å². The Morgan fingerprint density at radius 1 is 0.864 bits per heavy atom. The van der Waals surface area contributed by atoms with Gasteiger partial charge in [-0.1, -0.05) is 0 Å². The Kier molecular flexibility index (Phi) is 3.56. The zero-order valence-corrected chi connectivity index (χ0v) is 11.6. The normalized spacial score (nSPS) is 10.4. The van der Waals surface area contributed by atoms with Crippen molar-refractivity contribution in [2.45, 2.75) is 6.92 Å². The summed E-state index contributed by atoms with van der Waals surface area (Å²) in [6.45, 7) is 1.68. The molecular formula is C13H13N5O4. The van der Waals surface area contributed by atoms with Gasteiger partial charge in [0, 0.05) is 23.4 Å². The third-order valence-corrected chi connectivity index (χ3v) is 3.35. The molecule has 22 heavy (non-hydrogen) atoms. The van der Waals surface area contributed by atoms with Gasteiger partial charge in [0.1, 0.15) is 0 Å². The van der Waals surface area contributed by atoms with Crippen LogP contribution in [-0.4, -0.2) is 9.85 Å². The van der Waals surface area contributed by atoms with Gasteiger partial charge in [0.25, 0.3) is 11.4 Å². The summed E-state index contributed by atoms with van der Waals surface area (Å²) < 4.78 is 0. The van der Waals surface area contributed by atoms with Crippen LogP contribution in [0.15, 0.2) is 24.3 Å². The Bertz CT molecular complexity index is 771. The number of rotatable bonds is 3. The van der Waals surface area contributed by atoms with Gasteiger partial charge in [-0.3, -0.25) is 20.2 Å². The van der Waals surface area contributed by atoms with E-state index in [4.69, 9.17) is 17.2 Å². The van der Waals surface area contributed by atoms with Crippen molar-refractivity contribution in [2.75, 3.05) is 17.2 Å². The fourth-order valence-electron chi connectivity index (χ4n) is 2.04. The first-order valence-corrected chi connectivity index (χ1v) is 6.10. The summed E-state index contributed by atoms with van der Waals surface area (Å²) in [4.78, 5) is 20.4. The van der Waals surface area contributed by atoms with E-state index in [-0.39, 0.29) is 16.9 Å². The lowest BCUT2D eigenvalue weighted by Gasteiger charge is -2.13. The minimum absolute atomic E-state index is 0.168. The second-order valence-corrected chi connectivity index (χ2v) is 4.72. The second kappa shape index (κ2) is 5.20. The molecule has 0 fully saturated rings. The largest absolute Gasteiger partial charge is 0.398 e. The number of anilines is 3. The fourth-order valence-corrected chi connectivity index (χ4v) is 2.04. The molecule has 0 bridgehead atoms. The van der Waals surface area contributed by atoms with E-state index in [1.807, 2.05) is 0 Å². The van der Waals surface area contributed by atoms with Crippen LogP contribution in [0, 0.1) is 27.2 Å². The lowest BCUT2D eigenvalue weighted by atomic mass is 9.98. The van der Waals surface area contributed by atoms with E-state index in [1.165, 1.54) is 18.2 Å². The van der Waals surface area contributed by atoms with Crippen molar-refractivity contribution in [2.24, 2.45) is 0 Å². The topological polar surface area (TPSA) is 164 Å². The van der Waals surface area contributed by atoms with E-state index >= 15 is 0 Å². The third kappa shape index (κ3) is 2.46. The minimum Gasteiger partial charge on any atom is -0.398 e. The maximum Gasteiger partial charge on any atom is 0.276 e. The van der Waals surface area contributed by atoms with E-state index < -0.39 is 21.2 Å². The molecule has 2 aromatic rings. The van der Waals surface area contributed by atoms with Crippen LogP contribution in [0.25, 0.3) is 11.1 Å². The van der Waals surface area contributed by atoms with E-state index in [2.05, 4.69) is 0 Å². The van der Waals surface area contributed by atoms with Gasteiger partial charge in [0.05, 0.1) is 27.3 Å². The van der Waals surface area contributed by atoms with Gasteiger partial charge in [-0.25, -0.2) is 0 Å². The molecule has 0 aliphatic carbocycles. The molecule has 6 N–H and O–H groups in total. The molecule has 0 atom stereocenters. The lowest BCUT2D eigenvalue weighted by molar-refractivity contribution is -0.394. The highest BCUT2D eigenvalue weighted by atomic mass is 16.6. The molecule has 0 heterocycles. The molecule has 9 nitrogen and oxygen atoms in total. The summed E-state index contributed by atoms with van der Waals surface area (Å²) in [7, 11) is 0. The fraction of sp³-hybridized carbons (Fsp3) is 0.0769. The number of nitrogen functional groups attached to an aromatic ring is 3. The Labute approximate surface area is 124 Å². The smallest absolute Gasteiger partial charge is 0.276 e. The zero-order valence-electron chi connectivity index (χ0n) is 11.6. The minimum atomic E-state index is -0.715. The van der Waals surface area contributed by atoms with Gasteiger partial charge in [0.2, 0.25) is 0 Å². The molecule has 9 heteroatoms. The van der Waals surface area contributed by atoms with Crippen molar-refractivity contribution in [3.63, 3.8) is 0 Å². The average Bonchev–Trinajstić information content (AvgIpc) is 2.48. The van der Waals surface area contributed by atoms with E-state index in [0.717, 1.165) is 6.07 Å². The number of hydrogen-bond donors (Lipinski definition) is 3. The van der Waals surface area contributed by atoms with Gasteiger partial charge in [-0.05, 0) is 24.1 Å². The molecule has 0 saturated heterocycles. The Morgan fingerprint density at radius 3 is 1.82 bits per heavy atom. The first kappa shape index (κ1) is 15.0. The maximum absolute atomic E-state index is 10.9. The summed E-state index contributed by atoms with van der Waals surface area (Å²) in [6.07, 6.45) is 0. The predicted molar refractivity (Wildman–Crippen MR) is 83.2 cm³/mol. The molecule has 114 valence electrons. The highest BCUT2D eigenvalue weighted by Crippen LogP contribution is 2.38. The average molecular weight is 303 g/mol. The summed E-state index contributed by atoms with van der Waals surface area (Å²) >= 11 is 0. The summed E-state index contributed by atoms with van der Waals surface area (Å²) in [6, 6.07) is 4.74. The van der Waals surface area contributed by atoms with Crippen molar-refractivity contribution in [1.82, 2.24) is 0 Å². The first-order valence-electron chi connectivity index (χ1n) is 6.10. The Balaban J connectivity index is 2.77. The van der Waals surface area contributed by atoms with Gasteiger partial charge in [-0.15, -0.1) is 0 Å². The van der Waals surface area contributed by atoms with Crippen LogP contribution in [0.1, 0.15) is 5.56 Å². The molecule has 2 aromatic carbocycles. The highest BCUT2D eigenvalue weighted by molar-refractivity contribution is 5.91. The maximum atomic E-state index is 10.9. The van der Waals surface area contributed by atoms with Gasteiger partial charge in [-0.2, -0.15) is 0 Å². The summed E-state index contributed by atoms with van der Waals surface area (Å²) in [5.41, 5.74) is 18.6. The molecule has 0 unspecified atom stereocenters. The van der Waals surface area contributed by atoms with Crippen LogP contribution in [0.3, 0.4) is 0 Å². The van der Waals surface area contributed by atoms with E-state index in [0.29, 0.717) is 16.8 Å². The number of nitrogens with zero attached hydrogens (tertiary/aromatic N) is 2. The highest BCUT2D eigenvalue weighted by Gasteiger charge is 2.19. The molecule has 0 spiro atoms. The van der Waals surface area contributed by atoms with Crippen molar-refractivity contribution >= 4 is 28.4 Å². The second-order valence-electron chi connectivity index (χ2n) is 4.72. The SMILES string of the molecule is Cc1c(N)cc(-c2cc([N+](=O)[O-])cc([N+](=O)[O-])c2)c(N)c1N. The van der Waals surface area contributed by atoms with Crippen LogP contribution in [0.4, 0.5) is 28.4 Å². The number of nitro groups is 2. The Hall–Kier alpha value is -3.36. The molecule has 0 radical (unpaired) electrons. The molecule has 2 rings (SSSR count). The molecule has 0 aromatic heterocycles. The Morgan fingerprint density at radius 2 is 1.36 bits per heavy atom. The van der Waals surface area contributed by atoms with Crippen molar-refractivity contribution in [1.29, 1.82) is 0 Å². The molecule has 0 aliphatic rings. The molecular weight excluding hydrogens is 290 g/mol. The van der Waals surface area contributed by atoms with Crippen LogP contribution >= 0.6 is 0 Å². The number of nitrogens with two attached hydrogens (primary N) is 3. The predicted octanol–water partition coefficient (Wildman–Crippen LogP) is 2.23. The van der Waals surface area contributed by atoms with Gasteiger partial charge in [0.15, 0.2) is 0 Å². The monoisotopic (exact) mass is 303 g/mol. The molecule has 0 amide bonds. The molecule has 0 saturated carbocycles. The number of benzene rings is 2. The standard InChI is InChI=1S/C13H13N5O4/c1-6-11(14)5-10(13(16)12(6)15)7-2-8(17(19)20)4-9(3-7)18(21)22/h2-5H,14-16H2,1H3. The molecule has 0 aliphatic heterocycles. The number of nitro benzene ring substituents is 2. The number of hydrogen-bond acceptors (Lipinski definition) is 7. The third-order valence-electron chi connectivity index (χ3n) is 3.35. The van der Waals surface area contributed by atoms with Crippen molar-refractivity contribution in [3.8, 4) is 11.1 Å². The quantitative estimate of drug-likeness (QED) is 0.444.